The Hall–Kier alpha value is -1.28. The molecule has 8 heteroatoms. The van der Waals surface area contributed by atoms with Gasteiger partial charge in [-0.3, -0.25) is 0 Å². The molecule has 1 aromatic rings. The maximum Gasteiger partial charge on any atom is 0.389 e. The van der Waals surface area contributed by atoms with E-state index in [1.807, 2.05) is 0 Å². The molecule has 0 radical (unpaired) electrons. The highest BCUT2D eigenvalue weighted by Crippen LogP contribution is 2.25. The minimum Gasteiger partial charge on any atom is -0.384 e. The molecule has 4 nitrogen and oxygen atoms in total. The highest BCUT2D eigenvalue weighted by Gasteiger charge is 2.26. The molecule has 1 heterocycles. The molecule has 2 rings (SSSR count). The Bertz CT molecular complexity index is 600. The van der Waals surface area contributed by atoms with Crippen LogP contribution in [0.5, 0.6) is 0 Å². The third-order valence-electron chi connectivity index (χ3n) is 3.28. The van der Waals surface area contributed by atoms with E-state index in [1.54, 1.807) is 12.1 Å². The third-order valence-corrected chi connectivity index (χ3v) is 4.74. The molecule has 0 saturated heterocycles. The number of alkyl halides is 3. The molecule has 2 N–H and O–H groups in total. The summed E-state index contributed by atoms with van der Waals surface area (Å²) in [5.74, 6) is 0. The fourth-order valence-corrected chi connectivity index (χ4v) is 3.28. The fourth-order valence-electron chi connectivity index (χ4n) is 2.18. The smallest absolute Gasteiger partial charge is 0.384 e. The topological polar surface area (TPSA) is 58.2 Å². The summed E-state index contributed by atoms with van der Waals surface area (Å²) in [6, 6.07) is 4.83. The van der Waals surface area contributed by atoms with Gasteiger partial charge >= 0.3 is 6.18 Å². The molecule has 0 aliphatic carbocycles. The zero-order chi connectivity index (χ0) is 15.5. The van der Waals surface area contributed by atoms with Crippen molar-refractivity contribution in [2.24, 2.45) is 0 Å². The van der Waals surface area contributed by atoms with Gasteiger partial charge in [0.2, 0.25) is 10.0 Å². The zero-order valence-electron chi connectivity index (χ0n) is 11.3. The van der Waals surface area contributed by atoms with Crippen LogP contribution in [-0.2, 0) is 16.4 Å². The van der Waals surface area contributed by atoms with Crippen molar-refractivity contribution < 1.29 is 21.6 Å². The summed E-state index contributed by atoms with van der Waals surface area (Å²) in [4.78, 5) is 0.131. The molecule has 0 unspecified atom stereocenters. The first kappa shape index (κ1) is 16.1. The van der Waals surface area contributed by atoms with Crippen LogP contribution in [0.4, 0.5) is 18.9 Å². The summed E-state index contributed by atoms with van der Waals surface area (Å²) in [5.41, 5.74) is 1.87. The van der Waals surface area contributed by atoms with Gasteiger partial charge in [-0.25, -0.2) is 13.1 Å². The minimum atomic E-state index is -4.19. The SMILES string of the molecule is O=S(=O)(NCCCCC(F)(F)F)c1ccc2c(c1)NCC2. The number of benzene rings is 1. The lowest BCUT2D eigenvalue weighted by Crippen LogP contribution is -2.25. The summed E-state index contributed by atoms with van der Waals surface area (Å²) in [6.45, 7) is 0.784. The van der Waals surface area contributed by atoms with E-state index in [9.17, 15) is 21.6 Å². The van der Waals surface area contributed by atoms with Crippen LogP contribution < -0.4 is 10.0 Å². The second kappa shape index (κ2) is 6.23. The second-order valence-corrected chi connectivity index (χ2v) is 6.73. The Balaban J connectivity index is 1.87. The van der Waals surface area contributed by atoms with E-state index in [1.165, 1.54) is 6.07 Å². The Morgan fingerprint density at radius 1 is 1.24 bits per heavy atom. The summed E-state index contributed by atoms with van der Waals surface area (Å²) in [7, 11) is -3.67. The Morgan fingerprint density at radius 3 is 2.71 bits per heavy atom. The fraction of sp³-hybridized carbons (Fsp3) is 0.538. The number of sulfonamides is 1. The van der Waals surface area contributed by atoms with Gasteiger partial charge in [-0.1, -0.05) is 6.07 Å². The predicted octanol–water partition coefficient (Wildman–Crippen LogP) is 2.67. The molecule has 21 heavy (non-hydrogen) atoms. The van der Waals surface area contributed by atoms with Crippen molar-refractivity contribution in [3.8, 4) is 0 Å². The normalized spacial score (nSPS) is 14.8. The third kappa shape index (κ3) is 4.60. The van der Waals surface area contributed by atoms with Crippen LogP contribution in [0.3, 0.4) is 0 Å². The molecule has 0 amide bonds. The molecule has 0 atom stereocenters. The van der Waals surface area contributed by atoms with Crippen molar-refractivity contribution in [3.63, 3.8) is 0 Å². The van der Waals surface area contributed by atoms with Crippen LogP contribution in [-0.4, -0.2) is 27.7 Å². The van der Waals surface area contributed by atoms with Crippen molar-refractivity contribution in [2.45, 2.75) is 36.8 Å². The van der Waals surface area contributed by atoms with E-state index < -0.39 is 22.6 Å². The van der Waals surface area contributed by atoms with Gasteiger partial charge in [0.1, 0.15) is 0 Å². The first-order valence-corrected chi connectivity index (χ1v) is 8.19. The van der Waals surface area contributed by atoms with Crippen LogP contribution in [0.2, 0.25) is 0 Å². The van der Waals surface area contributed by atoms with E-state index in [0.29, 0.717) is 0 Å². The summed E-state index contributed by atoms with van der Waals surface area (Å²) in [5, 5.41) is 3.09. The van der Waals surface area contributed by atoms with Gasteiger partial charge in [0, 0.05) is 25.2 Å². The van der Waals surface area contributed by atoms with Gasteiger partial charge in [0.15, 0.2) is 0 Å². The van der Waals surface area contributed by atoms with Crippen molar-refractivity contribution in [2.75, 3.05) is 18.4 Å². The first-order valence-electron chi connectivity index (χ1n) is 6.71. The molecular weight excluding hydrogens is 305 g/mol. The first-order chi connectivity index (χ1) is 9.78. The molecule has 0 saturated carbocycles. The number of hydrogen-bond donors (Lipinski definition) is 2. The maximum absolute atomic E-state index is 12.0. The predicted molar refractivity (Wildman–Crippen MR) is 73.7 cm³/mol. The van der Waals surface area contributed by atoms with Crippen molar-refractivity contribution in [3.05, 3.63) is 23.8 Å². The lowest BCUT2D eigenvalue weighted by Gasteiger charge is -2.09. The van der Waals surface area contributed by atoms with Crippen molar-refractivity contribution in [1.29, 1.82) is 0 Å². The highest BCUT2D eigenvalue weighted by molar-refractivity contribution is 7.89. The van der Waals surface area contributed by atoms with Gasteiger partial charge in [0.05, 0.1) is 4.90 Å². The number of nitrogens with one attached hydrogen (secondary N) is 2. The van der Waals surface area contributed by atoms with E-state index in [2.05, 4.69) is 10.0 Å². The minimum absolute atomic E-state index is 0.00290. The lowest BCUT2D eigenvalue weighted by molar-refractivity contribution is -0.135. The maximum atomic E-state index is 12.0. The van der Waals surface area contributed by atoms with Crippen LogP contribution >= 0.6 is 0 Å². The molecule has 118 valence electrons. The molecule has 0 aromatic heterocycles. The van der Waals surface area contributed by atoms with Gasteiger partial charge in [-0.05, 0) is 37.0 Å². The Morgan fingerprint density at radius 2 is 2.00 bits per heavy atom. The Labute approximate surface area is 121 Å². The average Bonchev–Trinajstić information content (AvgIpc) is 2.83. The van der Waals surface area contributed by atoms with Crippen LogP contribution in [0, 0.1) is 0 Å². The van der Waals surface area contributed by atoms with Gasteiger partial charge in [-0.2, -0.15) is 13.2 Å². The summed E-state index contributed by atoms with van der Waals surface area (Å²) in [6.07, 6.45) is -4.15. The van der Waals surface area contributed by atoms with Crippen LogP contribution in [0.25, 0.3) is 0 Å². The van der Waals surface area contributed by atoms with E-state index in [4.69, 9.17) is 0 Å². The lowest BCUT2D eigenvalue weighted by atomic mass is 10.2. The standard InChI is InChI=1S/C13H17F3N2O2S/c14-13(15,16)6-1-2-7-18-21(19,20)11-4-3-10-5-8-17-12(10)9-11/h3-4,9,17-18H,1-2,5-8H2. The second-order valence-electron chi connectivity index (χ2n) is 4.97. The van der Waals surface area contributed by atoms with Crippen LogP contribution in [0.1, 0.15) is 24.8 Å². The van der Waals surface area contributed by atoms with Crippen LogP contribution in [0.15, 0.2) is 23.1 Å². The highest BCUT2D eigenvalue weighted by atomic mass is 32.2. The Kier molecular flexibility index (Phi) is 4.77. The number of anilines is 1. The van der Waals surface area contributed by atoms with E-state index in [-0.39, 0.29) is 24.3 Å². The average molecular weight is 322 g/mol. The van der Waals surface area contributed by atoms with Gasteiger partial charge in [0.25, 0.3) is 0 Å². The molecule has 0 bridgehead atoms. The molecule has 0 fully saturated rings. The number of halogens is 3. The molecular formula is C13H17F3N2O2S. The summed E-state index contributed by atoms with van der Waals surface area (Å²) < 4.78 is 62.3. The molecule has 1 aliphatic rings. The number of rotatable bonds is 6. The molecule has 1 aromatic carbocycles. The van der Waals surface area contributed by atoms with E-state index in [0.717, 1.165) is 24.2 Å². The zero-order valence-corrected chi connectivity index (χ0v) is 12.1. The van der Waals surface area contributed by atoms with Crippen molar-refractivity contribution in [1.82, 2.24) is 4.72 Å². The largest absolute Gasteiger partial charge is 0.389 e. The quantitative estimate of drug-likeness (QED) is 0.792. The molecule has 0 spiro atoms. The monoisotopic (exact) mass is 322 g/mol. The van der Waals surface area contributed by atoms with E-state index >= 15 is 0 Å². The van der Waals surface area contributed by atoms with Gasteiger partial charge in [-0.15, -0.1) is 0 Å². The number of fused-ring (bicyclic) bond motifs is 1. The number of unbranched alkanes of at least 4 members (excludes halogenated alkanes) is 1. The summed E-state index contributed by atoms with van der Waals surface area (Å²) >= 11 is 0. The molecule has 1 aliphatic heterocycles. The number of hydrogen-bond acceptors (Lipinski definition) is 3. The van der Waals surface area contributed by atoms with Gasteiger partial charge < -0.3 is 5.32 Å². The van der Waals surface area contributed by atoms with Crippen molar-refractivity contribution >= 4 is 15.7 Å².